The van der Waals surface area contributed by atoms with Crippen LogP contribution in [0.5, 0.6) is 0 Å². The number of nitrogens with one attached hydrogen (secondary N) is 2. The molecular formula is C26H18N2O4. The molecule has 0 amide bonds. The summed E-state index contributed by atoms with van der Waals surface area (Å²) >= 11 is 0. The molecule has 2 heterocycles. The zero-order chi connectivity index (χ0) is 21.7. The number of hydrogen-bond donors (Lipinski definition) is 2. The van der Waals surface area contributed by atoms with Crippen molar-refractivity contribution in [2.75, 3.05) is 10.6 Å². The smallest absolute Gasteiger partial charge is 0.340 e. The quantitative estimate of drug-likeness (QED) is 0.429. The summed E-state index contributed by atoms with van der Waals surface area (Å²) in [6, 6.07) is 26.5. The van der Waals surface area contributed by atoms with Gasteiger partial charge >= 0.3 is 11.9 Å². The van der Waals surface area contributed by atoms with E-state index >= 15 is 0 Å². The van der Waals surface area contributed by atoms with Crippen molar-refractivity contribution in [3.8, 4) is 0 Å². The maximum atomic E-state index is 12.2. The van der Waals surface area contributed by atoms with Gasteiger partial charge in [0.05, 0.1) is 11.1 Å². The van der Waals surface area contributed by atoms with Gasteiger partial charge in [-0.05, 0) is 24.3 Å². The number of hydrogen-bond acceptors (Lipinski definition) is 6. The van der Waals surface area contributed by atoms with E-state index in [1.165, 1.54) is 0 Å². The first-order valence-corrected chi connectivity index (χ1v) is 10.3. The Morgan fingerprint density at radius 1 is 0.531 bits per heavy atom. The Balaban J connectivity index is 1.34. The molecule has 0 radical (unpaired) electrons. The second-order valence-electron chi connectivity index (χ2n) is 7.74. The average molecular weight is 422 g/mol. The molecule has 6 rings (SSSR count). The van der Waals surface area contributed by atoms with E-state index in [4.69, 9.17) is 9.47 Å². The van der Waals surface area contributed by atoms with E-state index in [-0.39, 0.29) is 11.9 Å². The summed E-state index contributed by atoms with van der Waals surface area (Å²) in [6.45, 7) is 0. The first-order chi connectivity index (χ1) is 15.7. The highest BCUT2D eigenvalue weighted by Crippen LogP contribution is 2.37. The fourth-order valence-electron chi connectivity index (χ4n) is 4.35. The maximum Gasteiger partial charge on any atom is 0.340 e. The number of benzene rings is 4. The van der Waals surface area contributed by atoms with E-state index in [0.717, 1.165) is 33.3 Å². The van der Waals surface area contributed by atoms with Gasteiger partial charge in [0.25, 0.3) is 0 Å². The van der Waals surface area contributed by atoms with E-state index in [1.807, 2.05) is 72.8 Å². The second-order valence-corrected chi connectivity index (χ2v) is 7.74. The lowest BCUT2D eigenvalue weighted by Crippen LogP contribution is -2.12. The summed E-state index contributed by atoms with van der Waals surface area (Å²) in [5.41, 5.74) is 4.47. The molecule has 0 spiro atoms. The highest BCUT2D eigenvalue weighted by atomic mass is 16.6. The number of ether oxygens (including phenoxy) is 2. The zero-order valence-corrected chi connectivity index (χ0v) is 16.9. The highest BCUT2D eigenvalue weighted by molar-refractivity contribution is 6.02. The number of esters is 2. The zero-order valence-electron chi connectivity index (χ0n) is 16.9. The van der Waals surface area contributed by atoms with Crippen LogP contribution in [0.15, 0.2) is 84.9 Å². The fourth-order valence-corrected chi connectivity index (χ4v) is 4.35. The Morgan fingerprint density at radius 2 is 0.969 bits per heavy atom. The van der Waals surface area contributed by atoms with Crippen LogP contribution in [0.4, 0.5) is 11.4 Å². The number of anilines is 2. The van der Waals surface area contributed by atoms with Gasteiger partial charge in [0.2, 0.25) is 12.5 Å². The number of rotatable bonds is 4. The summed E-state index contributed by atoms with van der Waals surface area (Å²) in [4.78, 5) is 24.4. The number of carbonyl (C=O) groups is 2. The van der Waals surface area contributed by atoms with E-state index in [0.29, 0.717) is 11.1 Å². The van der Waals surface area contributed by atoms with E-state index in [1.54, 1.807) is 12.1 Å². The van der Waals surface area contributed by atoms with Gasteiger partial charge in [0.1, 0.15) is 0 Å². The first kappa shape index (κ1) is 18.4. The van der Waals surface area contributed by atoms with Crippen LogP contribution >= 0.6 is 0 Å². The molecule has 0 aliphatic carbocycles. The van der Waals surface area contributed by atoms with Crippen molar-refractivity contribution in [2.45, 2.75) is 12.5 Å². The maximum absolute atomic E-state index is 12.2. The molecule has 156 valence electrons. The number of cyclic esters (lactones) is 2. The van der Waals surface area contributed by atoms with Crippen molar-refractivity contribution in [2.24, 2.45) is 0 Å². The van der Waals surface area contributed by atoms with Gasteiger partial charge in [0.15, 0.2) is 0 Å². The first-order valence-electron chi connectivity index (χ1n) is 10.3. The van der Waals surface area contributed by atoms with Crippen molar-refractivity contribution in [1.29, 1.82) is 0 Å². The molecule has 2 unspecified atom stereocenters. The molecule has 0 aromatic heterocycles. The standard InChI is InChI=1S/C26H18N2O4/c29-25-19-9-3-1-7-17(19)23(31-25)27-21-13-5-12-16-15(21)11-6-14-22(16)28-24-18-8-2-4-10-20(18)26(30)32-24/h1-14,23-24,27-28H. The van der Waals surface area contributed by atoms with Crippen molar-refractivity contribution >= 4 is 34.1 Å². The molecule has 0 saturated carbocycles. The Kier molecular flexibility index (Phi) is 4.11. The lowest BCUT2D eigenvalue weighted by molar-refractivity contribution is 0.0427. The molecule has 0 bridgehead atoms. The van der Waals surface area contributed by atoms with Crippen LogP contribution in [-0.2, 0) is 9.47 Å². The molecule has 4 aromatic rings. The van der Waals surface area contributed by atoms with Crippen LogP contribution in [-0.4, -0.2) is 11.9 Å². The third kappa shape index (κ3) is 2.88. The van der Waals surface area contributed by atoms with Gasteiger partial charge in [-0.1, -0.05) is 60.7 Å². The largest absolute Gasteiger partial charge is 0.434 e. The monoisotopic (exact) mass is 422 g/mol. The summed E-state index contributed by atoms with van der Waals surface area (Å²) in [5.74, 6) is -0.662. The number of carbonyl (C=O) groups excluding carboxylic acids is 2. The predicted molar refractivity (Wildman–Crippen MR) is 120 cm³/mol. The van der Waals surface area contributed by atoms with Gasteiger partial charge < -0.3 is 20.1 Å². The van der Waals surface area contributed by atoms with Crippen molar-refractivity contribution < 1.29 is 19.1 Å². The Bertz CT molecular complexity index is 1290. The van der Waals surface area contributed by atoms with Crippen LogP contribution in [0, 0.1) is 0 Å². The van der Waals surface area contributed by atoms with E-state index in [9.17, 15) is 9.59 Å². The Labute approximate surface area is 183 Å². The van der Waals surface area contributed by atoms with E-state index in [2.05, 4.69) is 10.6 Å². The van der Waals surface area contributed by atoms with Crippen LogP contribution in [0.25, 0.3) is 10.8 Å². The van der Waals surface area contributed by atoms with Crippen molar-refractivity contribution in [1.82, 2.24) is 0 Å². The van der Waals surface area contributed by atoms with Crippen molar-refractivity contribution in [3.63, 3.8) is 0 Å². The van der Waals surface area contributed by atoms with Gasteiger partial charge in [-0.2, -0.15) is 0 Å². The summed E-state index contributed by atoms with van der Waals surface area (Å²) in [7, 11) is 0. The van der Waals surface area contributed by atoms with Crippen molar-refractivity contribution in [3.05, 3.63) is 107 Å². The molecule has 6 nitrogen and oxygen atoms in total. The third-order valence-electron chi connectivity index (χ3n) is 5.87. The Hall–Kier alpha value is -4.32. The minimum atomic E-state index is -0.552. The minimum absolute atomic E-state index is 0.331. The summed E-state index contributed by atoms with van der Waals surface area (Å²) in [6.07, 6.45) is -1.10. The lowest BCUT2D eigenvalue weighted by atomic mass is 10.0. The van der Waals surface area contributed by atoms with Gasteiger partial charge in [-0.15, -0.1) is 0 Å². The van der Waals surface area contributed by atoms with Gasteiger partial charge in [-0.3, -0.25) is 0 Å². The fraction of sp³-hybridized carbons (Fsp3) is 0.0769. The topological polar surface area (TPSA) is 76.7 Å². The molecule has 0 saturated heterocycles. The molecule has 2 aliphatic rings. The Morgan fingerprint density at radius 3 is 1.44 bits per heavy atom. The van der Waals surface area contributed by atoms with Crippen LogP contribution in [0.3, 0.4) is 0 Å². The normalized spacial score (nSPS) is 18.6. The molecule has 2 atom stereocenters. The third-order valence-corrected chi connectivity index (χ3v) is 5.87. The molecule has 4 aromatic carbocycles. The molecule has 32 heavy (non-hydrogen) atoms. The summed E-state index contributed by atoms with van der Waals surface area (Å²) < 4.78 is 11.1. The molecule has 2 aliphatic heterocycles. The van der Waals surface area contributed by atoms with Crippen LogP contribution in [0.2, 0.25) is 0 Å². The predicted octanol–water partition coefficient (Wildman–Crippen LogP) is 5.40. The molecular weight excluding hydrogens is 404 g/mol. The SMILES string of the molecule is O=C1OC(Nc2cccc3c(NC4OC(=O)c5ccccc54)cccc23)c2ccccc21. The molecule has 6 heteroatoms. The van der Waals surface area contributed by atoms with Crippen LogP contribution < -0.4 is 10.6 Å². The average Bonchev–Trinajstić information content (AvgIpc) is 3.31. The lowest BCUT2D eigenvalue weighted by Gasteiger charge is -2.19. The molecule has 0 fully saturated rings. The minimum Gasteiger partial charge on any atom is -0.434 e. The molecule has 2 N–H and O–H groups in total. The summed E-state index contributed by atoms with van der Waals surface area (Å²) in [5, 5.41) is 8.62. The van der Waals surface area contributed by atoms with Gasteiger partial charge in [0, 0.05) is 33.3 Å². The van der Waals surface area contributed by atoms with Crippen LogP contribution in [0.1, 0.15) is 44.3 Å². The van der Waals surface area contributed by atoms with E-state index < -0.39 is 12.5 Å². The number of fused-ring (bicyclic) bond motifs is 3. The second kappa shape index (κ2) is 7.13. The van der Waals surface area contributed by atoms with Gasteiger partial charge in [-0.25, -0.2) is 9.59 Å². The highest BCUT2D eigenvalue weighted by Gasteiger charge is 2.32.